The van der Waals surface area contributed by atoms with Gasteiger partial charge in [-0.1, -0.05) is 0 Å². The zero-order valence-electron chi connectivity index (χ0n) is 9.40. The summed E-state index contributed by atoms with van der Waals surface area (Å²) in [5.41, 5.74) is 1.61. The van der Waals surface area contributed by atoms with E-state index in [2.05, 4.69) is 15.3 Å². The Bertz CT molecular complexity index is 459. The zero-order chi connectivity index (χ0) is 12.2. The highest BCUT2D eigenvalue weighted by Gasteiger charge is 2.04. The normalized spacial score (nSPS) is 11.4. The Morgan fingerprint density at radius 2 is 2.12 bits per heavy atom. The number of sulfonamides is 1. The van der Waals surface area contributed by atoms with Crippen molar-refractivity contribution >= 4 is 15.8 Å². The van der Waals surface area contributed by atoms with Crippen LogP contribution in [0.5, 0.6) is 0 Å². The molecule has 3 N–H and O–H groups in total. The minimum atomic E-state index is -3.37. The molecule has 7 heteroatoms. The van der Waals surface area contributed by atoms with Crippen molar-refractivity contribution in [1.29, 1.82) is 0 Å². The van der Waals surface area contributed by atoms with Gasteiger partial charge in [-0.3, -0.25) is 4.98 Å². The Kier molecular flexibility index (Phi) is 4.19. The number of anilines is 1. The lowest BCUT2D eigenvalue weighted by molar-refractivity contribution is 0.595. The molecule has 6 nitrogen and oxygen atoms in total. The number of aromatic nitrogens is 2. The Morgan fingerprint density at radius 1 is 1.44 bits per heavy atom. The fourth-order valence-corrected chi connectivity index (χ4v) is 1.73. The molecule has 0 aliphatic rings. The summed E-state index contributed by atoms with van der Waals surface area (Å²) in [5, 5.41) is 7.92. The molecule has 0 atom stereocenters. The Hall–Kier alpha value is -1.21. The van der Waals surface area contributed by atoms with Crippen LogP contribution in [-0.4, -0.2) is 30.7 Å². The summed E-state index contributed by atoms with van der Waals surface area (Å²) in [5.74, 6) is 0.660. The number of hydrogen-bond donors (Lipinski definition) is 2. The third kappa shape index (κ3) is 4.54. The molecule has 90 valence electrons. The van der Waals surface area contributed by atoms with Crippen molar-refractivity contribution in [3.63, 3.8) is 0 Å². The highest BCUT2D eigenvalue weighted by Crippen LogP contribution is 2.08. The van der Waals surface area contributed by atoms with Crippen LogP contribution in [0.15, 0.2) is 6.20 Å². The van der Waals surface area contributed by atoms with E-state index >= 15 is 0 Å². The molecule has 1 aromatic rings. The molecule has 0 saturated carbocycles. The molecule has 0 aliphatic heterocycles. The largest absolute Gasteiger partial charge is 0.369 e. The molecule has 0 unspecified atom stereocenters. The molecule has 0 spiro atoms. The van der Waals surface area contributed by atoms with E-state index in [1.165, 1.54) is 0 Å². The van der Waals surface area contributed by atoms with Crippen LogP contribution in [-0.2, 0) is 10.0 Å². The quantitative estimate of drug-likeness (QED) is 0.720. The average molecular weight is 244 g/mol. The van der Waals surface area contributed by atoms with Crippen LogP contribution in [0.2, 0.25) is 0 Å². The predicted octanol–water partition coefficient (Wildman–Crippen LogP) is 0.184. The van der Waals surface area contributed by atoms with Gasteiger partial charge in [0.05, 0.1) is 17.1 Å². The topological polar surface area (TPSA) is 98.0 Å². The predicted molar refractivity (Wildman–Crippen MR) is 62.6 cm³/mol. The standard InChI is InChI=1S/C9H16N4O2S/c1-7-6-12-8(2)9(13-7)11-4-3-5-16(10,14)15/h6H,3-5H2,1-2H3,(H,11,13)(H2,10,14,15). The van der Waals surface area contributed by atoms with Crippen molar-refractivity contribution < 1.29 is 8.42 Å². The Morgan fingerprint density at radius 3 is 2.75 bits per heavy atom. The van der Waals surface area contributed by atoms with Crippen molar-refractivity contribution in [3.8, 4) is 0 Å². The van der Waals surface area contributed by atoms with Gasteiger partial charge in [0.15, 0.2) is 0 Å². The molecule has 0 aromatic carbocycles. The van der Waals surface area contributed by atoms with Crippen molar-refractivity contribution in [2.24, 2.45) is 5.14 Å². The first-order valence-corrected chi connectivity index (χ1v) is 6.64. The number of rotatable bonds is 5. The molecule has 1 aromatic heterocycles. The van der Waals surface area contributed by atoms with Gasteiger partial charge in [-0.25, -0.2) is 18.5 Å². The third-order valence-corrected chi connectivity index (χ3v) is 2.83. The van der Waals surface area contributed by atoms with E-state index in [9.17, 15) is 8.42 Å². The number of hydrogen-bond acceptors (Lipinski definition) is 5. The molecule has 0 fully saturated rings. The molecule has 0 radical (unpaired) electrons. The highest BCUT2D eigenvalue weighted by molar-refractivity contribution is 7.89. The fourth-order valence-electron chi connectivity index (χ4n) is 1.19. The van der Waals surface area contributed by atoms with Crippen LogP contribution >= 0.6 is 0 Å². The number of nitrogens with zero attached hydrogens (tertiary/aromatic N) is 2. The van der Waals surface area contributed by atoms with E-state index in [1.54, 1.807) is 6.20 Å². The van der Waals surface area contributed by atoms with Gasteiger partial charge >= 0.3 is 0 Å². The molecule has 1 rings (SSSR count). The van der Waals surface area contributed by atoms with Gasteiger partial charge in [-0.15, -0.1) is 0 Å². The lowest BCUT2D eigenvalue weighted by Crippen LogP contribution is -2.19. The van der Waals surface area contributed by atoms with Crippen LogP contribution in [0.25, 0.3) is 0 Å². The van der Waals surface area contributed by atoms with Gasteiger partial charge in [-0.05, 0) is 20.3 Å². The Balaban J connectivity index is 2.46. The van der Waals surface area contributed by atoms with E-state index in [4.69, 9.17) is 5.14 Å². The van der Waals surface area contributed by atoms with Crippen LogP contribution in [0, 0.1) is 13.8 Å². The molecular formula is C9H16N4O2S. The maximum atomic E-state index is 10.7. The van der Waals surface area contributed by atoms with Gasteiger partial charge in [0.25, 0.3) is 0 Å². The van der Waals surface area contributed by atoms with Crippen molar-refractivity contribution in [2.75, 3.05) is 17.6 Å². The smallest absolute Gasteiger partial charge is 0.209 e. The van der Waals surface area contributed by atoms with E-state index in [0.717, 1.165) is 11.4 Å². The summed E-state index contributed by atoms with van der Waals surface area (Å²) >= 11 is 0. The highest BCUT2D eigenvalue weighted by atomic mass is 32.2. The Labute approximate surface area is 95.3 Å². The third-order valence-electron chi connectivity index (χ3n) is 1.97. The summed E-state index contributed by atoms with van der Waals surface area (Å²) < 4.78 is 21.4. The second-order valence-electron chi connectivity index (χ2n) is 3.59. The van der Waals surface area contributed by atoms with Crippen LogP contribution in [0.1, 0.15) is 17.8 Å². The molecule has 16 heavy (non-hydrogen) atoms. The van der Waals surface area contributed by atoms with Gasteiger partial charge in [0.1, 0.15) is 5.82 Å². The van der Waals surface area contributed by atoms with Crippen molar-refractivity contribution in [3.05, 3.63) is 17.6 Å². The maximum absolute atomic E-state index is 10.7. The van der Waals surface area contributed by atoms with Crippen LogP contribution in [0.3, 0.4) is 0 Å². The fraction of sp³-hybridized carbons (Fsp3) is 0.556. The number of aryl methyl sites for hydroxylation is 2. The second kappa shape index (κ2) is 5.22. The van der Waals surface area contributed by atoms with Gasteiger partial charge in [-0.2, -0.15) is 0 Å². The second-order valence-corrected chi connectivity index (χ2v) is 5.33. The minimum Gasteiger partial charge on any atom is -0.369 e. The monoisotopic (exact) mass is 244 g/mol. The van der Waals surface area contributed by atoms with Gasteiger partial charge in [0, 0.05) is 12.7 Å². The summed E-state index contributed by atoms with van der Waals surface area (Å²) in [6.07, 6.45) is 2.14. The van der Waals surface area contributed by atoms with E-state index in [1.807, 2.05) is 13.8 Å². The number of nitrogens with one attached hydrogen (secondary N) is 1. The van der Waals surface area contributed by atoms with Gasteiger partial charge in [0.2, 0.25) is 10.0 Å². The number of nitrogens with two attached hydrogens (primary N) is 1. The SMILES string of the molecule is Cc1cnc(C)c(NCCCS(N)(=O)=O)n1. The minimum absolute atomic E-state index is 0.0295. The average Bonchev–Trinajstić information content (AvgIpc) is 2.16. The van der Waals surface area contributed by atoms with Gasteiger partial charge < -0.3 is 5.32 Å². The molecule has 0 amide bonds. The lowest BCUT2D eigenvalue weighted by atomic mass is 10.4. The molecular weight excluding hydrogens is 228 g/mol. The molecule has 1 heterocycles. The zero-order valence-corrected chi connectivity index (χ0v) is 10.2. The van der Waals surface area contributed by atoms with Crippen molar-refractivity contribution in [1.82, 2.24) is 9.97 Å². The van der Waals surface area contributed by atoms with E-state index in [-0.39, 0.29) is 5.75 Å². The summed E-state index contributed by atoms with van der Waals surface area (Å²) in [6.45, 7) is 4.20. The maximum Gasteiger partial charge on any atom is 0.209 e. The first-order chi connectivity index (χ1) is 7.38. The van der Waals surface area contributed by atoms with Crippen LogP contribution < -0.4 is 10.5 Å². The summed E-state index contributed by atoms with van der Waals surface area (Å²) in [7, 11) is -3.37. The molecule has 0 saturated heterocycles. The first kappa shape index (κ1) is 12.9. The molecule has 0 bridgehead atoms. The van der Waals surface area contributed by atoms with E-state index < -0.39 is 10.0 Å². The van der Waals surface area contributed by atoms with Crippen LogP contribution in [0.4, 0.5) is 5.82 Å². The number of primary sulfonamides is 1. The van der Waals surface area contributed by atoms with Crippen molar-refractivity contribution in [2.45, 2.75) is 20.3 Å². The summed E-state index contributed by atoms with van der Waals surface area (Å²) in [4.78, 5) is 8.39. The lowest BCUT2D eigenvalue weighted by Gasteiger charge is -2.07. The van der Waals surface area contributed by atoms with E-state index in [0.29, 0.717) is 18.8 Å². The first-order valence-electron chi connectivity index (χ1n) is 4.93. The summed E-state index contributed by atoms with van der Waals surface area (Å²) in [6, 6.07) is 0. The molecule has 0 aliphatic carbocycles.